The Morgan fingerprint density at radius 1 is 0.978 bits per heavy atom. The average Bonchev–Trinajstić information content (AvgIpc) is 3.52. The summed E-state index contributed by atoms with van der Waals surface area (Å²) in [7, 11) is 0. The van der Waals surface area contributed by atoms with Crippen LogP contribution in [-0.2, 0) is 18.9 Å². The van der Waals surface area contributed by atoms with Gasteiger partial charge >= 0.3 is 6.09 Å². The van der Waals surface area contributed by atoms with Crippen molar-refractivity contribution in [2.75, 3.05) is 19.7 Å². The van der Waals surface area contributed by atoms with Gasteiger partial charge in [0.05, 0.1) is 37.1 Å². The van der Waals surface area contributed by atoms with Gasteiger partial charge in [0.2, 0.25) is 0 Å². The highest BCUT2D eigenvalue weighted by Crippen LogP contribution is 2.86. The number of hydrogen-bond donors (Lipinski definition) is 3. The van der Waals surface area contributed by atoms with Crippen molar-refractivity contribution >= 4 is 18.7 Å². The first-order valence-electron chi connectivity index (χ1n) is 17.9. The van der Waals surface area contributed by atoms with E-state index in [9.17, 15) is 15.0 Å². The van der Waals surface area contributed by atoms with Gasteiger partial charge < -0.3 is 34.1 Å². The number of thiol groups is 1. The number of carbonyl (C=O) groups is 1. The van der Waals surface area contributed by atoms with Gasteiger partial charge in [-0.15, -0.1) is 0 Å². The molecule has 45 heavy (non-hydrogen) atoms. The molecule has 7 aliphatic rings. The molecule has 12 atom stereocenters. The molecule has 0 aromatic rings. The van der Waals surface area contributed by atoms with Gasteiger partial charge in [0.25, 0.3) is 0 Å². The first-order valence-corrected chi connectivity index (χ1v) is 18.4. The zero-order valence-corrected chi connectivity index (χ0v) is 29.6. The van der Waals surface area contributed by atoms with Crippen molar-refractivity contribution < 1.29 is 34.0 Å². The standard InChI is InChI=1S/C36H59NO7S/c1-31(2,3)44-30(39)37-16-17-41-28(19-37)43-27-12-13-35-20-34(35)14-15-36(45)22-8-10-24(29(38)33(6,7)40)42-25(22)18-23(36)21(34)9-11-26(35)32(27,4)5/h21-29,38,40,45H,8-20H2,1-7H3/t21?,22?,23?,24?,25?,26?,27-,28?,29-,34-,35+,36-/m0/s1. The predicted molar refractivity (Wildman–Crippen MR) is 174 cm³/mol. The minimum Gasteiger partial charge on any atom is -0.444 e. The minimum absolute atomic E-state index is 0.00994. The van der Waals surface area contributed by atoms with Crippen molar-refractivity contribution in [3.63, 3.8) is 0 Å². The number of ether oxygens (including phenoxy) is 4. The number of fused-ring (bicyclic) bond motifs is 4. The molecule has 0 aromatic heterocycles. The molecule has 0 radical (unpaired) electrons. The third-order valence-corrected chi connectivity index (χ3v) is 15.0. The molecule has 5 aliphatic carbocycles. The zero-order valence-electron chi connectivity index (χ0n) is 28.7. The summed E-state index contributed by atoms with van der Waals surface area (Å²) in [5.41, 5.74) is -0.878. The highest BCUT2D eigenvalue weighted by Gasteiger charge is 2.81. The number of nitrogens with zero attached hydrogens (tertiary/aromatic N) is 1. The van der Waals surface area contributed by atoms with Crippen LogP contribution in [0.2, 0.25) is 0 Å². The molecular formula is C36H59NO7S. The zero-order chi connectivity index (χ0) is 32.4. The molecule has 2 aliphatic heterocycles. The van der Waals surface area contributed by atoms with Crippen LogP contribution in [0.1, 0.15) is 113 Å². The Kier molecular flexibility index (Phi) is 7.84. The van der Waals surface area contributed by atoms with Gasteiger partial charge in [0.1, 0.15) is 11.7 Å². The molecule has 2 N–H and O–H groups in total. The lowest BCUT2D eigenvalue weighted by Gasteiger charge is -2.59. The molecule has 2 heterocycles. The molecule has 2 saturated heterocycles. The first-order chi connectivity index (χ1) is 20.9. The summed E-state index contributed by atoms with van der Waals surface area (Å²) in [5.74, 6) is 2.28. The lowest BCUT2D eigenvalue weighted by Crippen LogP contribution is -2.57. The van der Waals surface area contributed by atoms with Gasteiger partial charge in [-0.05, 0) is 139 Å². The topological polar surface area (TPSA) is 97.7 Å². The van der Waals surface area contributed by atoms with Crippen LogP contribution in [0, 0.1) is 39.9 Å². The van der Waals surface area contributed by atoms with E-state index in [1.165, 1.54) is 32.1 Å². The Morgan fingerprint density at radius 3 is 2.42 bits per heavy atom. The van der Waals surface area contributed by atoms with Gasteiger partial charge in [-0.2, -0.15) is 12.6 Å². The average molecular weight is 650 g/mol. The fraction of sp³-hybridized carbons (Fsp3) is 0.972. The monoisotopic (exact) mass is 649 g/mol. The van der Waals surface area contributed by atoms with Gasteiger partial charge in [-0.1, -0.05) is 13.8 Å². The van der Waals surface area contributed by atoms with Crippen LogP contribution >= 0.6 is 12.6 Å². The number of aliphatic hydroxyl groups is 2. The Hall–Kier alpha value is -0.580. The van der Waals surface area contributed by atoms with Crippen LogP contribution in [0.5, 0.6) is 0 Å². The van der Waals surface area contributed by atoms with Crippen LogP contribution < -0.4 is 0 Å². The molecule has 7 rings (SSSR count). The van der Waals surface area contributed by atoms with E-state index < -0.39 is 23.6 Å². The molecular weight excluding hydrogens is 590 g/mol. The summed E-state index contributed by atoms with van der Waals surface area (Å²) in [6.07, 6.45) is 9.67. The van der Waals surface area contributed by atoms with E-state index in [-0.39, 0.29) is 34.6 Å². The van der Waals surface area contributed by atoms with Gasteiger partial charge in [0.15, 0.2) is 6.29 Å². The van der Waals surface area contributed by atoms with E-state index in [1.807, 2.05) is 20.8 Å². The van der Waals surface area contributed by atoms with Crippen molar-refractivity contribution in [3.8, 4) is 0 Å². The summed E-state index contributed by atoms with van der Waals surface area (Å²) in [6, 6.07) is 0. The summed E-state index contributed by atoms with van der Waals surface area (Å²) < 4.78 is 25.1. The number of morpholine rings is 1. The second-order valence-electron chi connectivity index (χ2n) is 18.3. The minimum atomic E-state index is -1.17. The maximum atomic E-state index is 12.8. The number of amides is 1. The van der Waals surface area contributed by atoms with Crippen LogP contribution in [0.15, 0.2) is 0 Å². The van der Waals surface area contributed by atoms with Crippen LogP contribution in [0.25, 0.3) is 0 Å². The largest absolute Gasteiger partial charge is 0.444 e. The first kappa shape index (κ1) is 32.9. The van der Waals surface area contributed by atoms with E-state index in [4.69, 9.17) is 31.6 Å². The Morgan fingerprint density at radius 2 is 1.71 bits per heavy atom. The van der Waals surface area contributed by atoms with E-state index >= 15 is 0 Å². The highest BCUT2D eigenvalue weighted by molar-refractivity contribution is 7.81. The predicted octanol–water partition coefficient (Wildman–Crippen LogP) is 5.97. The molecule has 7 unspecified atom stereocenters. The van der Waals surface area contributed by atoms with E-state index in [1.54, 1.807) is 18.7 Å². The van der Waals surface area contributed by atoms with Crippen molar-refractivity contribution in [1.82, 2.24) is 4.90 Å². The molecule has 0 bridgehead atoms. The van der Waals surface area contributed by atoms with Gasteiger partial charge in [-0.3, -0.25) is 0 Å². The molecule has 0 aromatic carbocycles. The van der Waals surface area contributed by atoms with Crippen LogP contribution in [0.4, 0.5) is 4.79 Å². The molecule has 1 amide bonds. The van der Waals surface area contributed by atoms with Crippen molar-refractivity contribution in [1.29, 1.82) is 0 Å². The summed E-state index contributed by atoms with van der Waals surface area (Å²) in [6.45, 7) is 15.3. The number of aliphatic hydroxyl groups excluding tert-OH is 1. The summed E-state index contributed by atoms with van der Waals surface area (Å²) >= 11 is 5.56. The summed E-state index contributed by atoms with van der Waals surface area (Å²) in [5, 5.41) is 21.3. The second kappa shape index (κ2) is 10.7. The number of rotatable bonds is 4. The normalized spacial score (nSPS) is 47.8. The third-order valence-electron chi connectivity index (χ3n) is 14.1. The smallest absolute Gasteiger partial charge is 0.410 e. The van der Waals surface area contributed by atoms with Gasteiger partial charge in [-0.25, -0.2) is 4.79 Å². The fourth-order valence-corrected chi connectivity index (χ4v) is 12.8. The maximum absolute atomic E-state index is 12.8. The molecule has 256 valence electrons. The number of hydrogen-bond acceptors (Lipinski definition) is 8. The van der Waals surface area contributed by atoms with E-state index in [2.05, 4.69) is 13.8 Å². The summed E-state index contributed by atoms with van der Waals surface area (Å²) in [4.78, 5) is 14.5. The fourth-order valence-electron chi connectivity index (χ4n) is 12.1. The van der Waals surface area contributed by atoms with Crippen molar-refractivity contribution in [2.24, 2.45) is 39.9 Å². The second-order valence-corrected chi connectivity index (χ2v) is 19.1. The third kappa shape index (κ3) is 5.14. The lowest BCUT2D eigenvalue weighted by atomic mass is 9.48. The maximum Gasteiger partial charge on any atom is 0.410 e. The molecule has 5 saturated carbocycles. The lowest BCUT2D eigenvalue weighted by molar-refractivity contribution is -0.242. The van der Waals surface area contributed by atoms with Crippen LogP contribution in [-0.4, -0.2) is 87.6 Å². The molecule has 8 nitrogen and oxygen atoms in total. The van der Waals surface area contributed by atoms with Crippen molar-refractivity contribution in [3.05, 3.63) is 0 Å². The number of carbonyl (C=O) groups excluding carboxylic acids is 1. The SMILES string of the molecule is CC(C)(C)OC(=O)N1CCOC(O[C@H]2CC[C@]34C[C@]35CC[C@]3(S)C6CCC([C@H](O)C(C)(C)O)OC6CC3C5CCC4C2(C)C)C1. The van der Waals surface area contributed by atoms with E-state index in [0.29, 0.717) is 54.2 Å². The Bertz CT molecular complexity index is 1170. The Labute approximate surface area is 276 Å². The van der Waals surface area contributed by atoms with E-state index in [0.717, 1.165) is 32.1 Å². The Balaban J connectivity index is 1.03. The van der Waals surface area contributed by atoms with Crippen LogP contribution in [0.3, 0.4) is 0 Å². The molecule has 7 fully saturated rings. The highest BCUT2D eigenvalue weighted by atomic mass is 32.1. The quantitative estimate of drug-likeness (QED) is 0.323. The molecule has 2 spiro atoms. The molecule has 9 heteroatoms. The van der Waals surface area contributed by atoms with Crippen molar-refractivity contribution in [2.45, 2.75) is 159 Å². The van der Waals surface area contributed by atoms with Gasteiger partial charge in [0, 0.05) is 11.3 Å².